The normalized spacial score (nSPS) is 49.6. The van der Waals surface area contributed by atoms with Gasteiger partial charge in [0.25, 0.3) is 0 Å². The number of aliphatic hydroxyl groups excluding tert-OH is 14. The zero-order chi connectivity index (χ0) is 45.2. The molecule has 0 bridgehead atoms. The Morgan fingerprint density at radius 2 is 0.885 bits per heavy atom. The second kappa shape index (κ2) is 21.3. The molecule has 1 unspecified atom stereocenters. The highest BCUT2D eigenvalue weighted by atomic mass is 16.8. The summed E-state index contributed by atoms with van der Waals surface area (Å²) in [7, 11) is 0. The van der Waals surface area contributed by atoms with Crippen LogP contribution in [0.1, 0.15) is 20.8 Å². The smallest absolute Gasteiger partial charge is 0.217 e. The SMILES string of the molecule is CC(=O)N[C@H]1[C@H](O[C@H]2[C@@H](O)[C@@H](CO)OC(O)[C@@H]2NC(C)=O)O[C@H](CO)[C@@H](O[C@@H]2O[C@H](CO)[C@H](O)[C@H](O)[C@H]2O[C@@H]2O[C@@H](C)[C@@H](O)[C@@H](O[C@H]3O[C@H](CO)[C@H](O)[C@H](O)[C@H]3O)[C@@H]2O)[C@@H]1O. The summed E-state index contributed by atoms with van der Waals surface area (Å²) in [5, 5.41) is 153. The third kappa shape index (κ3) is 10.8. The highest BCUT2D eigenvalue weighted by molar-refractivity contribution is 5.73. The summed E-state index contributed by atoms with van der Waals surface area (Å²) in [6.45, 7) is -0.113. The second-order valence-electron chi connectivity index (χ2n) is 15.4. The molecule has 0 spiro atoms. The van der Waals surface area contributed by atoms with Crippen molar-refractivity contribution in [2.75, 3.05) is 26.4 Å². The number of aliphatic hydroxyl groups is 14. The zero-order valence-electron chi connectivity index (χ0n) is 33.0. The third-order valence-corrected chi connectivity index (χ3v) is 11.1. The molecule has 354 valence electrons. The standard InChI is InChI=1S/C34H58N2O25/c1-8-17(43)28(60-32-24(50)22(48)18(44)11(4-37)55-32)25(51)33(53-8)61-29-23(49)19(45)12(5-38)56-34(29)58-26-14(7-40)57-31(15(21(26)47)35-9(2)41)59-27-16(36-10(3)42)30(52)54-13(6-39)20(27)46/h8,11-34,37-40,43-52H,4-7H2,1-3H3,(H,35,41)(H,36,42)/t8-,11+,12+,13+,14+,15+,16+,17+,18-,19-,20-,21+,22-,23-,24+,25-,26+,27+,28+,29+,30?,31-,32+,33-,34-/m0/s1. The highest BCUT2D eigenvalue weighted by Gasteiger charge is 2.57. The maximum Gasteiger partial charge on any atom is 0.217 e. The van der Waals surface area contributed by atoms with Crippen LogP contribution in [0.2, 0.25) is 0 Å². The molecule has 5 heterocycles. The molecule has 2 amide bonds. The van der Waals surface area contributed by atoms with Crippen LogP contribution in [0.5, 0.6) is 0 Å². The molecule has 0 radical (unpaired) electrons. The average molecular weight is 895 g/mol. The Morgan fingerprint density at radius 3 is 1.46 bits per heavy atom. The van der Waals surface area contributed by atoms with Crippen LogP contribution in [0, 0.1) is 0 Å². The lowest BCUT2D eigenvalue weighted by Crippen LogP contribution is -2.71. The molecule has 27 nitrogen and oxygen atoms in total. The van der Waals surface area contributed by atoms with E-state index in [0.29, 0.717) is 0 Å². The molecule has 5 saturated heterocycles. The summed E-state index contributed by atoms with van der Waals surface area (Å²) in [6, 6.07) is -3.17. The molecule has 0 aromatic carbocycles. The quantitative estimate of drug-likeness (QED) is 0.0770. The minimum atomic E-state index is -2.05. The monoisotopic (exact) mass is 894 g/mol. The summed E-state index contributed by atoms with van der Waals surface area (Å²) in [6.07, 6.45) is -41.0. The number of hydrogen-bond donors (Lipinski definition) is 16. The molecule has 5 aliphatic heterocycles. The predicted octanol–water partition coefficient (Wildman–Crippen LogP) is -10.6. The van der Waals surface area contributed by atoms with Gasteiger partial charge in [0.05, 0.1) is 32.5 Å². The Labute approximate surface area is 346 Å². The molecular formula is C34H58N2O25. The van der Waals surface area contributed by atoms with Crippen LogP contribution in [0.3, 0.4) is 0 Å². The zero-order valence-corrected chi connectivity index (χ0v) is 33.0. The maximum absolute atomic E-state index is 12.4. The second-order valence-corrected chi connectivity index (χ2v) is 15.4. The van der Waals surface area contributed by atoms with Crippen molar-refractivity contribution in [1.82, 2.24) is 10.6 Å². The van der Waals surface area contributed by atoms with E-state index < -0.39 is 192 Å². The first-order valence-corrected chi connectivity index (χ1v) is 19.5. The van der Waals surface area contributed by atoms with Gasteiger partial charge in [-0.3, -0.25) is 9.59 Å². The molecule has 27 heteroatoms. The highest BCUT2D eigenvalue weighted by Crippen LogP contribution is 2.36. The van der Waals surface area contributed by atoms with E-state index in [4.69, 9.17) is 42.6 Å². The summed E-state index contributed by atoms with van der Waals surface area (Å²) in [4.78, 5) is 24.4. The third-order valence-electron chi connectivity index (χ3n) is 11.1. The number of rotatable bonds is 14. The Balaban J connectivity index is 1.40. The first kappa shape index (κ1) is 50.0. The van der Waals surface area contributed by atoms with Crippen molar-refractivity contribution in [3.05, 3.63) is 0 Å². The fraction of sp³-hybridized carbons (Fsp3) is 0.941. The first-order valence-electron chi connectivity index (χ1n) is 19.5. The summed E-state index contributed by atoms with van der Waals surface area (Å²) in [5.41, 5.74) is 0. The van der Waals surface area contributed by atoms with E-state index in [1.807, 2.05) is 0 Å². The van der Waals surface area contributed by atoms with Crippen LogP contribution in [0.25, 0.3) is 0 Å². The molecule has 0 aromatic heterocycles. The number of hydrogen-bond acceptors (Lipinski definition) is 25. The van der Waals surface area contributed by atoms with Crippen LogP contribution < -0.4 is 10.6 Å². The molecule has 0 aromatic rings. The van der Waals surface area contributed by atoms with E-state index in [2.05, 4.69) is 10.6 Å². The van der Waals surface area contributed by atoms with Gasteiger partial charge in [-0.05, 0) is 6.92 Å². The van der Waals surface area contributed by atoms with Crippen molar-refractivity contribution in [2.24, 2.45) is 0 Å². The van der Waals surface area contributed by atoms with Crippen molar-refractivity contribution < 1.29 is 124 Å². The lowest BCUT2D eigenvalue weighted by atomic mass is 9.94. The lowest BCUT2D eigenvalue weighted by molar-refractivity contribution is -0.394. The van der Waals surface area contributed by atoms with E-state index in [0.717, 1.165) is 13.8 Å². The molecule has 16 N–H and O–H groups in total. The number of amides is 2. The Kier molecular flexibility index (Phi) is 17.5. The maximum atomic E-state index is 12.4. The summed E-state index contributed by atoms with van der Waals surface area (Å²) in [5.74, 6) is -1.48. The van der Waals surface area contributed by atoms with Gasteiger partial charge in [0.1, 0.15) is 116 Å². The average Bonchev–Trinajstić information content (AvgIpc) is 3.22. The lowest BCUT2D eigenvalue weighted by Gasteiger charge is -2.50. The number of carbonyl (C=O) groups excluding carboxylic acids is 2. The van der Waals surface area contributed by atoms with E-state index in [9.17, 15) is 81.1 Å². The molecule has 5 fully saturated rings. The van der Waals surface area contributed by atoms with Crippen LogP contribution >= 0.6 is 0 Å². The van der Waals surface area contributed by atoms with Crippen LogP contribution in [-0.4, -0.2) is 263 Å². The van der Waals surface area contributed by atoms with Crippen molar-refractivity contribution in [2.45, 2.75) is 174 Å². The van der Waals surface area contributed by atoms with Gasteiger partial charge in [0, 0.05) is 13.8 Å². The molecule has 5 aliphatic rings. The van der Waals surface area contributed by atoms with E-state index >= 15 is 0 Å². The van der Waals surface area contributed by atoms with Gasteiger partial charge in [-0.2, -0.15) is 0 Å². The van der Waals surface area contributed by atoms with Gasteiger partial charge >= 0.3 is 0 Å². The van der Waals surface area contributed by atoms with E-state index in [-0.39, 0.29) is 0 Å². The summed E-state index contributed by atoms with van der Waals surface area (Å²) < 4.78 is 51.3. The molecule has 5 rings (SSSR count). The topological polar surface area (TPSA) is 424 Å². The molecule has 61 heavy (non-hydrogen) atoms. The van der Waals surface area contributed by atoms with E-state index in [1.54, 1.807) is 0 Å². The minimum Gasteiger partial charge on any atom is -0.394 e. The minimum absolute atomic E-state index is 0.702. The molecular weight excluding hydrogens is 836 g/mol. The van der Waals surface area contributed by atoms with Gasteiger partial charge in [-0.1, -0.05) is 0 Å². The van der Waals surface area contributed by atoms with Gasteiger partial charge < -0.3 is 125 Å². The van der Waals surface area contributed by atoms with Crippen molar-refractivity contribution in [3.63, 3.8) is 0 Å². The van der Waals surface area contributed by atoms with E-state index in [1.165, 1.54) is 6.92 Å². The molecule has 25 atom stereocenters. The van der Waals surface area contributed by atoms with Gasteiger partial charge in [-0.25, -0.2) is 0 Å². The largest absolute Gasteiger partial charge is 0.394 e. The van der Waals surface area contributed by atoms with Crippen molar-refractivity contribution in [3.8, 4) is 0 Å². The Hall–Kier alpha value is -1.98. The predicted molar refractivity (Wildman–Crippen MR) is 188 cm³/mol. The Bertz CT molecular complexity index is 1420. The van der Waals surface area contributed by atoms with Gasteiger partial charge in [-0.15, -0.1) is 0 Å². The van der Waals surface area contributed by atoms with Crippen LogP contribution in [-0.2, 0) is 52.2 Å². The summed E-state index contributed by atoms with van der Waals surface area (Å²) >= 11 is 0. The fourth-order valence-corrected chi connectivity index (χ4v) is 7.75. The number of ether oxygens (including phenoxy) is 9. The van der Waals surface area contributed by atoms with Crippen molar-refractivity contribution in [1.29, 1.82) is 0 Å². The van der Waals surface area contributed by atoms with Crippen LogP contribution in [0.4, 0.5) is 0 Å². The number of carbonyl (C=O) groups is 2. The Morgan fingerprint density at radius 1 is 0.426 bits per heavy atom. The van der Waals surface area contributed by atoms with Crippen LogP contribution in [0.15, 0.2) is 0 Å². The van der Waals surface area contributed by atoms with Gasteiger partial charge in [0.2, 0.25) is 11.8 Å². The fourth-order valence-electron chi connectivity index (χ4n) is 7.75. The number of nitrogens with one attached hydrogen (secondary N) is 2. The first-order chi connectivity index (χ1) is 28.8. The molecule has 0 aliphatic carbocycles. The van der Waals surface area contributed by atoms with Gasteiger partial charge in [0.15, 0.2) is 31.5 Å². The molecule has 0 saturated carbocycles. The van der Waals surface area contributed by atoms with Crippen molar-refractivity contribution >= 4 is 11.8 Å².